The molecule has 136 valence electrons. The highest BCUT2D eigenvalue weighted by Gasteiger charge is 2.38. The number of thiol groups is 1. The van der Waals surface area contributed by atoms with E-state index in [1.165, 1.54) is 12.0 Å². The summed E-state index contributed by atoms with van der Waals surface area (Å²) in [5.74, 6) is 0.515. The van der Waals surface area contributed by atoms with Gasteiger partial charge in [0.25, 0.3) is 0 Å². The molecule has 1 fully saturated rings. The van der Waals surface area contributed by atoms with Crippen molar-refractivity contribution in [2.75, 3.05) is 46.0 Å². The second-order valence-electron chi connectivity index (χ2n) is 4.98. The Hall–Kier alpha value is -0.620. The van der Waals surface area contributed by atoms with E-state index in [1.54, 1.807) is 0 Å². The van der Waals surface area contributed by atoms with Crippen LogP contribution in [0.3, 0.4) is 0 Å². The van der Waals surface area contributed by atoms with Gasteiger partial charge < -0.3 is 34.3 Å². The van der Waals surface area contributed by atoms with E-state index < -0.39 is 37.3 Å². The summed E-state index contributed by atoms with van der Waals surface area (Å²) in [6.07, 6.45) is -5.23. The van der Waals surface area contributed by atoms with Crippen LogP contribution in [0.4, 0.5) is 4.79 Å². The van der Waals surface area contributed by atoms with Gasteiger partial charge in [-0.25, -0.2) is 4.79 Å². The van der Waals surface area contributed by atoms with Crippen molar-refractivity contribution >= 4 is 18.7 Å². The molecular formula is C13H25NO8S. The molecule has 10 heteroatoms. The molecule has 1 aliphatic heterocycles. The summed E-state index contributed by atoms with van der Waals surface area (Å²) in [7, 11) is 1.51. The maximum atomic E-state index is 12.2. The molecule has 1 unspecified atom stereocenters. The molecule has 0 aromatic carbocycles. The number of hydrogen-bond donors (Lipinski definition) is 4. The summed E-state index contributed by atoms with van der Waals surface area (Å²) in [5.41, 5.74) is 0. The van der Waals surface area contributed by atoms with Crippen molar-refractivity contribution in [2.45, 2.75) is 31.0 Å². The number of rotatable bonds is 9. The van der Waals surface area contributed by atoms with Crippen LogP contribution in [-0.2, 0) is 18.9 Å². The average Bonchev–Trinajstić information content (AvgIpc) is 2.53. The first-order chi connectivity index (χ1) is 11.0. The predicted molar refractivity (Wildman–Crippen MR) is 82.1 cm³/mol. The summed E-state index contributed by atoms with van der Waals surface area (Å²) >= 11 is 4.01. The van der Waals surface area contributed by atoms with E-state index in [-0.39, 0.29) is 19.7 Å². The Balaban J connectivity index is 2.54. The van der Waals surface area contributed by atoms with Crippen LogP contribution in [0.15, 0.2) is 0 Å². The molecule has 0 aromatic heterocycles. The summed E-state index contributed by atoms with van der Waals surface area (Å²) in [5, 5.41) is 28.5. The number of nitrogens with zero attached hydrogens (tertiary/aromatic N) is 1. The van der Waals surface area contributed by atoms with Gasteiger partial charge in [0.15, 0.2) is 0 Å². The second-order valence-corrected chi connectivity index (χ2v) is 5.43. The van der Waals surface area contributed by atoms with Crippen LogP contribution in [0.2, 0.25) is 0 Å². The first-order valence-corrected chi connectivity index (χ1v) is 7.92. The number of carbonyl (C=O) groups is 1. The molecule has 0 spiro atoms. The minimum atomic E-state index is -1.22. The summed E-state index contributed by atoms with van der Waals surface area (Å²) in [4.78, 5) is 13.4. The smallest absolute Gasteiger partial charge is 0.414 e. The van der Waals surface area contributed by atoms with Crippen molar-refractivity contribution in [1.82, 2.24) is 4.90 Å². The first-order valence-electron chi connectivity index (χ1n) is 7.29. The normalized spacial score (nSPS) is 27.7. The van der Waals surface area contributed by atoms with Crippen molar-refractivity contribution in [1.29, 1.82) is 0 Å². The molecule has 9 nitrogen and oxygen atoms in total. The summed E-state index contributed by atoms with van der Waals surface area (Å²) in [6, 6.07) is 0. The lowest BCUT2D eigenvalue weighted by Crippen LogP contribution is -2.51. The van der Waals surface area contributed by atoms with Gasteiger partial charge in [-0.1, -0.05) is 0 Å². The van der Waals surface area contributed by atoms with Crippen molar-refractivity contribution in [3.63, 3.8) is 0 Å². The van der Waals surface area contributed by atoms with E-state index in [9.17, 15) is 15.0 Å². The fraction of sp³-hybridized carbons (Fsp3) is 0.923. The van der Waals surface area contributed by atoms with Gasteiger partial charge in [0.2, 0.25) is 6.29 Å². The zero-order valence-corrected chi connectivity index (χ0v) is 13.9. The lowest BCUT2D eigenvalue weighted by Gasteiger charge is -2.36. The quantitative estimate of drug-likeness (QED) is 0.232. The van der Waals surface area contributed by atoms with Crippen molar-refractivity contribution in [3.05, 3.63) is 0 Å². The van der Waals surface area contributed by atoms with Gasteiger partial charge in [-0.3, -0.25) is 4.90 Å². The molecule has 0 radical (unpaired) electrons. The number of carbonyl (C=O) groups excluding carboxylic acids is 1. The van der Waals surface area contributed by atoms with E-state index >= 15 is 0 Å². The number of ether oxygens (including phenoxy) is 4. The molecule has 0 aromatic rings. The van der Waals surface area contributed by atoms with Gasteiger partial charge in [0.1, 0.15) is 18.9 Å². The third-order valence-corrected chi connectivity index (χ3v) is 3.44. The van der Waals surface area contributed by atoms with Crippen LogP contribution >= 0.6 is 12.6 Å². The van der Waals surface area contributed by atoms with Gasteiger partial charge in [0.05, 0.1) is 25.9 Å². The monoisotopic (exact) mass is 355 g/mol. The molecule has 0 saturated carbocycles. The highest BCUT2D eigenvalue weighted by molar-refractivity contribution is 7.80. The molecule has 1 aliphatic rings. The van der Waals surface area contributed by atoms with Gasteiger partial charge in [0, 0.05) is 25.8 Å². The van der Waals surface area contributed by atoms with Crippen LogP contribution in [0, 0.1) is 0 Å². The number of amides is 1. The highest BCUT2D eigenvalue weighted by Crippen LogP contribution is 2.21. The summed E-state index contributed by atoms with van der Waals surface area (Å²) < 4.78 is 20.6. The molecule has 1 heterocycles. The van der Waals surface area contributed by atoms with Gasteiger partial charge in [-0.15, -0.1) is 0 Å². The van der Waals surface area contributed by atoms with Crippen LogP contribution in [-0.4, -0.2) is 96.9 Å². The number of aliphatic hydroxyl groups excluding tert-OH is 3. The van der Waals surface area contributed by atoms with E-state index in [4.69, 9.17) is 24.1 Å². The maximum Gasteiger partial charge on any atom is 0.414 e. The largest absolute Gasteiger partial charge is 0.419 e. The lowest BCUT2D eigenvalue weighted by molar-refractivity contribution is -0.241. The number of aliphatic hydroxyl groups is 3. The van der Waals surface area contributed by atoms with Crippen LogP contribution < -0.4 is 0 Å². The first kappa shape index (κ1) is 20.4. The molecule has 3 N–H and O–H groups in total. The highest BCUT2D eigenvalue weighted by atomic mass is 32.1. The second kappa shape index (κ2) is 11.0. The lowest BCUT2D eigenvalue weighted by atomic mass is 10.0. The zero-order chi connectivity index (χ0) is 17.2. The Morgan fingerprint density at radius 2 is 2.13 bits per heavy atom. The molecular weight excluding hydrogens is 330 g/mol. The maximum absolute atomic E-state index is 12.2. The van der Waals surface area contributed by atoms with Crippen molar-refractivity contribution in [2.24, 2.45) is 0 Å². The molecule has 23 heavy (non-hydrogen) atoms. The topological polar surface area (TPSA) is 118 Å². The molecule has 0 bridgehead atoms. The Bertz CT molecular complexity index is 348. The molecule has 4 atom stereocenters. The number of methoxy groups -OCH3 is 1. The molecule has 1 amide bonds. The molecule has 0 aliphatic carbocycles. The van der Waals surface area contributed by atoms with Gasteiger partial charge in [-0.05, 0) is 0 Å². The van der Waals surface area contributed by atoms with Crippen LogP contribution in [0.5, 0.6) is 0 Å². The molecule has 1 rings (SSSR count). The standard InChI is InChI=1S/C13H25NO8S/c1-19-3-2-14(8-20-4-5-23)13(18)22-11-6-9(16)12(17)10(7-15)21-11/h9-12,15-17,23H,2-8H2,1H3/t9-,10-,11?,12-/m1/s1. The summed E-state index contributed by atoms with van der Waals surface area (Å²) in [6.45, 7) is 0.431. The van der Waals surface area contributed by atoms with Crippen LogP contribution in [0.25, 0.3) is 0 Å². The minimum Gasteiger partial charge on any atom is -0.419 e. The Labute approximate surface area is 140 Å². The minimum absolute atomic E-state index is 0.00405. The molecule has 1 saturated heterocycles. The van der Waals surface area contributed by atoms with Gasteiger partial charge in [-0.2, -0.15) is 12.6 Å². The fourth-order valence-electron chi connectivity index (χ4n) is 1.98. The van der Waals surface area contributed by atoms with E-state index in [2.05, 4.69) is 12.6 Å². The van der Waals surface area contributed by atoms with E-state index in [1.807, 2.05) is 0 Å². The third-order valence-electron chi connectivity index (χ3n) is 3.25. The zero-order valence-electron chi connectivity index (χ0n) is 13.0. The fourth-order valence-corrected chi connectivity index (χ4v) is 2.11. The predicted octanol–water partition coefficient (Wildman–Crippen LogP) is -1.20. The van der Waals surface area contributed by atoms with E-state index in [0.29, 0.717) is 19.0 Å². The SMILES string of the molecule is COCCN(COCCS)C(=O)OC1C[C@@H](O)[C@@H](O)[C@@H](CO)O1. The van der Waals surface area contributed by atoms with Crippen molar-refractivity contribution < 1.29 is 39.1 Å². The van der Waals surface area contributed by atoms with Crippen LogP contribution in [0.1, 0.15) is 6.42 Å². The van der Waals surface area contributed by atoms with E-state index in [0.717, 1.165) is 0 Å². The van der Waals surface area contributed by atoms with Crippen molar-refractivity contribution in [3.8, 4) is 0 Å². The van der Waals surface area contributed by atoms with Gasteiger partial charge >= 0.3 is 6.09 Å². The third kappa shape index (κ3) is 6.79. The Kier molecular flexibility index (Phi) is 9.79. The average molecular weight is 355 g/mol. The Morgan fingerprint density at radius 3 is 2.74 bits per heavy atom. The Morgan fingerprint density at radius 1 is 1.39 bits per heavy atom. The number of hydrogen-bond acceptors (Lipinski definition) is 9.